The number of nitro benzene ring substituents is 1. The van der Waals surface area contributed by atoms with E-state index in [4.69, 9.17) is 27.9 Å². The van der Waals surface area contributed by atoms with E-state index in [1.165, 1.54) is 33.5 Å². The Morgan fingerprint density at radius 2 is 1.77 bits per heavy atom. The van der Waals surface area contributed by atoms with Crippen LogP contribution in [-0.4, -0.2) is 56.4 Å². The summed E-state index contributed by atoms with van der Waals surface area (Å²) in [5.74, 6) is -0.556. The molecule has 1 fully saturated rings. The van der Waals surface area contributed by atoms with Crippen molar-refractivity contribution in [2.75, 3.05) is 37.7 Å². The monoisotopic (exact) mass is 485 g/mol. The molecule has 1 saturated heterocycles. The van der Waals surface area contributed by atoms with E-state index in [9.17, 15) is 23.3 Å². The molecule has 164 valence electrons. The maximum atomic E-state index is 13.3. The van der Waals surface area contributed by atoms with E-state index < -0.39 is 20.9 Å². The molecule has 12 heteroatoms. The summed E-state index contributed by atoms with van der Waals surface area (Å²) in [6.07, 6.45) is 0.517. The van der Waals surface area contributed by atoms with Gasteiger partial charge in [0.1, 0.15) is 4.90 Å². The molecule has 1 amide bonds. The fraction of sp³-hybridized carbons (Fsp3) is 0.316. The summed E-state index contributed by atoms with van der Waals surface area (Å²) >= 11 is 12.4. The Balaban J connectivity index is 1.73. The number of carbonyl (C=O) groups is 1. The Morgan fingerprint density at radius 1 is 1.06 bits per heavy atom. The lowest BCUT2D eigenvalue weighted by atomic mass is 10.1. The number of benzene rings is 2. The zero-order chi connectivity index (χ0) is 22.3. The standard InChI is InChI=1S/C19H17Cl2N3O6S/c20-15-11-16(21)18(31(28,29)22-5-7-30-8-6-22)10-14(15)19(25)23-4-3-12-1-2-13(24(26)27)9-17(12)23/h1-2,9-11H,3-8H2. The van der Waals surface area contributed by atoms with Crippen LogP contribution in [0.2, 0.25) is 10.0 Å². The molecule has 0 unspecified atom stereocenters. The molecule has 0 bridgehead atoms. The van der Waals surface area contributed by atoms with Crippen LogP contribution >= 0.6 is 23.2 Å². The Bertz CT molecular complexity index is 1180. The van der Waals surface area contributed by atoms with E-state index in [0.29, 0.717) is 18.7 Å². The third kappa shape index (κ3) is 4.01. The molecular weight excluding hydrogens is 469 g/mol. The van der Waals surface area contributed by atoms with Crippen LogP contribution < -0.4 is 4.90 Å². The van der Waals surface area contributed by atoms with Gasteiger partial charge in [-0.1, -0.05) is 29.3 Å². The van der Waals surface area contributed by atoms with E-state index in [-0.39, 0.29) is 52.5 Å². The Morgan fingerprint density at radius 3 is 2.45 bits per heavy atom. The number of rotatable bonds is 4. The lowest BCUT2D eigenvalue weighted by molar-refractivity contribution is -0.384. The minimum absolute atomic E-state index is 0.00481. The van der Waals surface area contributed by atoms with Gasteiger partial charge in [-0.15, -0.1) is 0 Å². The maximum Gasteiger partial charge on any atom is 0.271 e. The summed E-state index contributed by atoms with van der Waals surface area (Å²) in [7, 11) is -3.96. The van der Waals surface area contributed by atoms with Gasteiger partial charge in [-0.3, -0.25) is 14.9 Å². The van der Waals surface area contributed by atoms with Gasteiger partial charge in [-0.25, -0.2) is 8.42 Å². The number of halogens is 2. The molecule has 2 aliphatic heterocycles. The maximum absolute atomic E-state index is 13.3. The smallest absolute Gasteiger partial charge is 0.271 e. The third-order valence-electron chi connectivity index (χ3n) is 5.26. The van der Waals surface area contributed by atoms with Gasteiger partial charge in [0.2, 0.25) is 10.0 Å². The SMILES string of the molecule is O=C(c1cc(S(=O)(=O)N2CCOCC2)c(Cl)cc1Cl)N1CCc2ccc([N+](=O)[O-])cc21. The molecule has 0 aliphatic carbocycles. The number of morpholine rings is 1. The highest BCUT2D eigenvalue weighted by molar-refractivity contribution is 7.89. The molecule has 4 rings (SSSR count). The summed E-state index contributed by atoms with van der Waals surface area (Å²) < 4.78 is 32.6. The van der Waals surface area contributed by atoms with Crippen LogP contribution in [0.1, 0.15) is 15.9 Å². The van der Waals surface area contributed by atoms with E-state index in [1.54, 1.807) is 6.07 Å². The fourth-order valence-electron chi connectivity index (χ4n) is 3.65. The topological polar surface area (TPSA) is 110 Å². The predicted molar refractivity (Wildman–Crippen MR) is 115 cm³/mol. The number of sulfonamides is 1. The number of non-ortho nitro benzene ring substituents is 1. The van der Waals surface area contributed by atoms with Gasteiger partial charge in [0.15, 0.2) is 0 Å². The summed E-state index contributed by atoms with van der Waals surface area (Å²) in [6.45, 7) is 1.17. The normalized spacial score (nSPS) is 16.9. The molecule has 31 heavy (non-hydrogen) atoms. The molecule has 0 saturated carbocycles. The number of carbonyl (C=O) groups excluding carboxylic acids is 1. The van der Waals surface area contributed by atoms with Gasteiger partial charge >= 0.3 is 0 Å². The minimum atomic E-state index is -3.96. The average molecular weight is 486 g/mol. The molecule has 0 aromatic heterocycles. The Kier molecular flexibility index (Phi) is 5.93. The number of hydrogen-bond donors (Lipinski definition) is 0. The lowest BCUT2D eigenvalue weighted by Gasteiger charge is -2.27. The Hall–Kier alpha value is -2.24. The van der Waals surface area contributed by atoms with Crippen LogP contribution in [-0.2, 0) is 21.2 Å². The third-order valence-corrected chi connectivity index (χ3v) is 7.94. The van der Waals surface area contributed by atoms with Crippen LogP contribution in [0.5, 0.6) is 0 Å². The van der Waals surface area contributed by atoms with Crippen molar-refractivity contribution in [3.8, 4) is 0 Å². The van der Waals surface area contributed by atoms with Crippen molar-refractivity contribution >= 4 is 50.5 Å². The van der Waals surface area contributed by atoms with Gasteiger partial charge < -0.3 is 9.64 Å². The summed E-state index contributed by atoms with van der Waals surface area (Å²) in [4.78, 5) is 25.0. The highest BCUT2D eigenvalue weighted by atomic mass is 35.5. The average Bonchev–Trinajstić information content (AvgIpc) is 3.17. The Labute approximate surface area is 188 Å². The van der Waals surface area contributed by atoms with E-state index >= 15 is 0 Å². The molecule has 0 N–H and O–H groups in total. The van der Waals surface area contributed by atoms with Crippen molar-refractivity contribution in [1.29, 1.82) is 0 Å². The first-order chi connectivity index (χ1) is 14.7. The molecule has 2 aromatic rings. The molecular formula is C19H17Cl2N3O6S. The molecule has 0 radical (unpaired) electrons. The number of hydrogen-bond acceptors (Lipinski definition) is 6. The number of nitrogens with zero attached hydrogens (tertiary/aromatic N) is 3. The van der Waals surface area contributed by atoms with Crippen LogP contribution in [0, 0.1) is 10.1 Å². The van der Waals surface area contributed by atoms with Crippen LogP contribution in [0.3, 0.4) is 0 Å². The highest BCUT2D eigenvalue weighted by Crippen LogP contribution is 2.36. The predicted octanol–water partition coefficient (Wildman–Crippen LogP) is 3.13. The van der Waals surface area contributed by atoms with Crippen molar-refractivity contribution < 1.29 is 22.9 Å². The summed E-state index contributed by atoms with van der Waals surface area (Å²) in [5.41, 5.74) is 1.00. The van der Waals surface area contributed by atoms with Gasteiger partial charge in [0, 0.05) is 31.8 Å². The van der Waals surface area contributed by atoms with Crippen LogP contribution in [0.4, 0.5) is 11.4 Å². The second-order valence-corrected chi connectivity index (χ2v) is 9.78. The molecule has 2 aliphatic rings. The largest absolute Gasteiger partial charge is 0.379 e. The number of amides is 1. The second-order valence-electron chi connectivity index (χ2n) is 7.06. The number of fused-ring (bicyclic) bond motifs is 1. The summed E-state index contributed by atoms with van der Waals surface area (Å²) in [5, 5.41) is 11.0. The zero-order valence-electron chi connectivity index (χ0n) is 16.1. The molecule has 0 spiro atoms. The van der Waals surface area contributed by atoms with Gasteiger partial charge in [-0.05, 0) is 24.1 Å². The molecule has 2 heterocycles. The number of nitro groups is 1. The van der Waals surface area contributed by atoms with Gasteiger partial charge in [0.05, 0.1) is 39.4 Å². The van der Waals surface area contributed by atoms with E-state index in [0.717, 1.165) is 5.56 Å². The van der Waals surface area contributed by atoms with Crippen molar-refractivity contribution in [2.45, 2.75) is 11.3 Å². The highest BCUT2D eigenvalue weighted by Gasteiger charge is 2.33. The van der Waals surface area contributed by atoms with E-state index in [2.05, 4.69) is 0 Å². The van der Waals surface area contributed by atoms with Crippen LogP contribution in [0.25, 0.3) is 0 Å². The van der Waals surface area contributed by atoms with Gasteiger partial charge in [-0.2, -0.15) is 4.31 Å². The van der Waals surface area contributed by atoms with Gasteiger partial charge in [0.25, 0.3) is 11.6 Å². The van der Waals surface area contributed by atoms with Crippen molar-refractivity contribution in [3.05, 3.63) is 61.6 Å². The lowest BCUT2D eigenvalue weighted by Crippen LogP contribution is -2.40. The number of ether oxygens (including phenoxy) is 1. The van der Waals surface area contributed by atoms with Crippen LogP contribution in [0.15, 0.2) is 35.2 Å². The zero-order valence-corrected chi connectivity index (χ0v) is 18.4. The first-order valence-corrected chi connectivity index (χ1v) is 11.6. The molecule has 9 nitrogen and oxygen atoms in total. The number of anilines is 1. The van der Waals surface area contributed by atoms with E-state index in [1.807, 2.05) is 0 Å². The quantitative estimate of drug-likeness (QED) is 0.485. The van der Waals surface area contributed by atoms with Crippen molar-refractivity contribution in [2.24, 2.45) is 0 Å². The fourth-order valence-corrected chi connectivity index (χ4v) is 5.89. The van der Waals surface area contributed by atoms with Crippen molar-refractivity contribution in [3.63, 3.8) is 0 Å². The molecule has 2 aromatic carbocycles. The molecule has 0 atom stereocenters. The first-order valence-electron chi connectivity index (χ1n) is 9.36. The first kappa shape index (κ1) is 22.0. The minimum Gasteiger partial charge on any atom is -0.379 e. The van der Waals surface area contributed by atoms with Crippen molar-refractivity contribution in [1.82, 2.24) is 4.31 Å². The second kappa shape index (κ2) is 8.36. The summed E-state index contributed by atoms with van der Waals surface area (Å²) in [6, 6.07) is 6.73.